The first-order chi connectivity index (χ1) is 9.54. The van der Waals surface area contributed by atoms with Gasteiger partial charge < -0.3 is 5.73 Å². The van der Waals surface area contributed by atoms with Gasteiger partial charge in [-0.25, -0.2) is 4.98 Å². The van der Waals surface area contributed by atoms with Crippen LogP contribution in [0, 0.1) is 6.92 Å². The normalized spacial score (nSPS) is 10.9. The van der Waals surface area contributed by atoms with Gasteiger partial charge in [0.2, 0.25) is 0 Å². The van der Waals surface area contributed by atoms with Crippen LogP contribution >= 0.6 is 23.2 Å². The van der Waals surface area contributed by atoms with Gasteiger partial charge in [-0.15, -0.1) is 0 Å². The van der Waals surface area contributed by atoms with Gasteiger partial charge >= 0.3 is 0 Å². The lowest BCUT2D eigenvalue weighted by Crippen LogP contribution is -1.94. The lowest BCUT2D eigenvalue weighted by molar-refractivity contribution is 1.36. The van der Waals surface area contributed by atoms with Crippen molar-refractivity contribution in [1.82, 2.24) is 4.98 Å². The first-order valence-corrected chi connectivity index (χ1v) is 6.92. The number of aromatic nitrogens is 1. The maximum absolute atomic E-state index is 6.04. The molecule has 0 aliphatic rings. The van der Waals surface area contributed by atoms with Crippen molar-refractivity contribution in [2.24, 2.45) is 0 Å². The van der Waals surface area contributed by atoms with Crippen LogP contribution < -0.4 is 5.73 Å². The van der Waals surface area contributed by atoms with Gasteiger partial charge in [0.05, 0.1) is 11.2 Å². The molecule has 3 rings (SSSR count). The largest absolute Gasteiger partial charge is 0.398 e. The minimum Gasteiger partial charge on any atom is -0.398 e. The van der Waals surface area contributed by atoms with Crippen LogP contribution in [0.2, 0.25) is 10.0 Å². The topological polar surface area (TPSA) is 38.9 Å². The number of halogens is 2. The van der Waals surface area contributed by atoms with Crippen LogP contribution in [0.15, 0.2) is 42.5 Å². The molecule has 0 spiro atoms. The molecule has 0 atom stereocenters. The highest BCUT2D eigenvalue weighted by atomic mass is 35.5. The number of hydrogen-bond acceptors (Lipinski definition) is 2. The molecule has 2 N–H and O–H groups in total. The van der Waals surface area contributed by atoms with E-state index in [1.807, 2.05) is 37.3 Å². The third-order valence-electron chi connectivity index (χ3n) is 3.27. The number of hydrogen-bond donors (Lipinski definition) is 1. The third-order valence-corrected chi connectivity index (χ3v) is 3.74. The van der Waals surface area contributed by atoms with Crippen molar-refractivity contribution in [2.45, 2.75) is 6.92 Å². The number of rotatable bonds is 1. The van der Waals surface area contributed by atoms with E-state index in [1.54, 1.807) is 12.1 Å². The molecule has 1 heterocycles. The van der Waals surface area contributed by atoms with Crippen LogP contribution in [-0.2, 0) is 0 Å². The molecule has 0 aliphatic heterocycles. The van der Waals surface area contributed by atoms with E-state index in [0.717, 1.165) is 27.7 Å². The molecule has 0 aliphatic carbocycles. The Bertz CT molecular complexity index is 813. The van der Waals surface area contributed by atoms with E-state index in [9.17, 15) is 0 Å². The van der Waals surface area contributed by atoms with Gasteiger partial charge in [-0.1, -0.05) is 23.2 Å². The summed E-state index contributed by atoms with van der Waals surface area (Å²) in [7, 11) is 0. The van der Waals surface area contributed by atoms with Crippen LogP contribution in [0.1, 0.15) is 5.56 Å². The van der Waals surface area contributed by atoms with Crippen molar-refractivity contribution >= 4 is 39.8 Å². The van der Waals surface area contributed by atoms with Gasteiger partial charge in [0.15, 0.2) is 0 Å². The molecule has 0 radical (unpaired) electrons. The second-order valence-corrected chi connectivity index (χ2v) is 5.59. The minimum absolute atomic E-state index is 0.643. The Morgan fingerprint density at radius 2 is 1.65 bits per heavy atom. The fraction of sp³-hybridized carbons (Fsp3) is 0.0625. The summed E-state index contributed by atoms with van der Waals surface area (Å²) in [5.41, 5.74) is 10.3. The Morgan fingerprint density at radius 3 is 2.45 bits per heavy atom. The van der Waals surface area contributed by atoms with Crippen LogP contribution in [0.5, 0.6) is 0 Å². The highest BCUT2D eigenvalue weighted by molar-refractivity contribution is 6.31. The van der Waals surface area contributed by atoms with Crippen molar-refractivity contribution < 1.29 is 0 Å². The third kappa shape index (κ3) is 2.33. The Labute approximate surface area is 127 Å². The van der Waals surface area contributed by atoms with E-state index >= 15 is 0 Å². The molecule has 0 fully saturated rings. The van der Waals surface area contributed by atoms with Crippen LogP contribution in [0.4, 0.5) is 5.69 Å². The van der Waals surface area contributed by atoms with E-state index < -0.39 is 0 Å². The quantitative estimate of drug-likeness (QED) is 0.635. The fourth-order valence-corrected chi connectivity index (χ4v) is 2.60. The number of nitrogens with zero attached hydrogens (tertiary/aromatic N) is 1. The van der Waals surface area contributed by atoms with E-state index in [0.29, 0.717) is 15.7 Å². The van der Waals surface area contributed by atoms with Gasteiger partial charge in [-0.3, -0.25) is 0 Å². The van der Waals surface area contributed by atoms with Crippen molar-refractivity contribution in [3.8, 4) is 11.3 Å². The Hall–Kier alpha value is -1.77. The van der Waals surface area contributed by atoms with Gasteiger partial charge in [0.25, 0.3) is 0 Å². The molecule has 0 bridgehead atoms. The van der Waals surface area contributed by atoms with E-state index in [4.69, 9.17) is 28.9 Å². The average Bonchev–Trinajstić information content (AvgIpc) is 2.42. The standard InChI is InChI=1S/C16H12Cl2N2/c1-9-6-16(13-8-10(17)2-4-14(13)19)20-15-5-3-11(18)7-12(9)15/h2-8H,19H2,1H3. The summed E-state index contributed by atoms with van der Waals surface area (Å²) in [4.78, 5) is 4.65. The molecule has 4 heteroatoms. The van der Waals surface area contributed by atoms with Gasteiger partial charge in [0.1, 0.15) is 0 Å². The van der Waals surface area contributed by atoms with Crippen molar-refractivity contribution in [1.29, 1.82) is 0 Å². The number of pyridine rings is 1. The van der Waals surface area contributed by atoms with Crippen molar-refractivity contribution in [3.05, 3.63) is 58.1 Å². The molecule has 1 aromatic heterocycles. The van der Waals surface area contributed by atoms with E-state index in [2.05, 4.69) is 4.98 Å². The molecule has 0 saturated heterocycles. The number of nitrogen functional groups attached to an aromatic ring is 1. The first kappa shape index (κ1) is 13.2. The second-order valence-electron chi connectivity index (χ2n) is 4.72. The Morgan fingerprint density at radius 1 is 0.950 bits per heavy atom. The average molecular weight is 303 g/mol. The number of anilines is 1. The second kappa shape index (κ2) is 4.97. The van der Waals surface area contributed by atoms with Gasteiger partial charge in [-0.05, 0) is 55.0 Å². The van der Waals surface area contributed by atoms with Crippen LogP contribution in [-0.4, -0.2) is 4.98 Å². The predicted octanol–water partition coefficient (Wildman–Crippen LogP) is 5.10. The maximum atomic E-state index is 6.04. The molecular weight excluding hydrogens is 291 g/mol. The Kier molecular flexibility index (Phi) is 3.28. The summed E-state index contributed by atoms with van der Waals surface area (Å²) in [5, 5.41) is 2.39. The number of nitrogens with two attached hydrogens (primary N) is 1. The van der Waals surface area contributed by atoms with Crippen LogP contribution in [0.3, 0.4) is 0 Å². The van der Waals surface area contributed by atoms with Crippen LogP contribution in [0.25, 0.3) is 22.2 Å². The molecule has 20 heavy (non-hydrogen) atoms. The maximum Gasteiger partial charge on any atom is 0.0733 e. The highest BCUT2D eigenvalue weighted by Crippen LogP contribution is 2.31. The molecule has 0 amide bonds. The van der Waals surface area contributed by atoms with E-state index in [1.165, 1.54) is 0 Å². The monoisotopic (exact) mass is 302 g/mol. The fourth-order valence-electron chi connectivity index (χ4n) is 2.25. The van der Waals surface area contributed by atoms with Crippen molar-refractivity contribution in [2.75, 3.05) is 5.73 Å². The predicted molar refractivity (Wildman–Crippen MR) is 86.3 cm³/mol. The lowest BCUT2D eigenvalue weighted by Gasteiger charge is -2.09. The zero-order valence-corrected chi connectivity index (χ0v) is 12.3. The molecule has 2 nitrogen and oxygen atoms in total. The molecule has 0 unspecified atom stereocenters. The molecule has 2 aromatic carbocycles. The summed E-state index contributed by atoms with van der Waals surface area (Å²) in [6, 6.07) is 13.1. The summed E-state index contributed by atoms with van der Waals surface area (Å²) in [6.45, 7) is 2.03. The number of aryl methyl sites for hydroxylation is 1. The smallest absolute Gasteiger partial charge is 0.0733 e. The first-order valence-electron chi connectivity index (χ1n) is 6.17. The van der Waals surface area contributed by atoms with E-state index in [-0.39, 0.29) is 0 Å². The summed E-state index contributed by atoms with van der Waals surface area (Å²) >= 11 is 12.1. The van der Waals surface area contributed by atoms with Gasteiger partial charge in [-0.2, -0.15) is 0 Å². The highest BCUT2D eigenvalue weighted by Gasteiger charge is 2.09. The molecule has 100 valence electrons. The Balaban J connectivity index is 2.27. The number of benzene rings is 2. The minimum atomic E-state index is 0.643. The summed E-state index contributed by atoms with van der Waals surface area (Å²) in [5.74, 6) is 0. The van der Waals surface area contributed by atoms with Crippen molar-refractivity contribution in [3.63, 3.8) is 0 Å². The summed E-state index contributed by atoms with van der Waals surface area (Å²) < 4.78 is 0. The van der Waals surface area contributed by atoms with Gasteiger partial charge in [0, 0.05) is 26.7 Å². The number of fused-ring (bicyclic) bond motifs is 1. The molecular formula is C16H12Cl2N2. The lowest BCUT2D eigenvalue weighted by atomic mass is 10.0. The zero-order valence-electron chi connectivity index (χ0n) is 10.8. The zero-order chi connectivity index (χ0) is 14.3. The SMILES string of the molecule is Cc1cc(-c2cc(Cl)ccc2N)nc2ccc(Cl)cc12. The summed E-state index contributed by atoms with van der Waals surface area (Å²) in [6.07, 6.45) is 0. The molecule has 3 aromatic rings. The molecule has 0 saturated carbocycles.